The van der Waals surface area contributed by atoms with Crippen molar-refractivity contribution in [1.82, 2.24) is 4.98 Å². The molecule has 0 saturated carbocycles. The Bertz CT molecular complexity index is 441. The highest BCUT2D eigenvalue weighted by Crippen LogP contribution is 2.36. The molecular formula is C14H20BNO2. The molecule has 1 saturated heterocycles. The first kappa shape index (κ1) is 13.3. The summed E-state index contributed by atoms with van der Waals surface area (Å²) in [4.78, 5) is 4.55. The van der Waals surface area contributed by atoms with Crippen molar-refractivity contribution in [2.45, 2.75) is 45.3 Å². The lowest BCUT2D eigenvalue weighted by atomic mass is 9.84. The monoisotopic (exact) mass is 245 g/mol. The van der Waals surface area contributed by atoms with Crippen molar-refractivity contribution in [1.29, 1.82) is 0 Å². The normalized spacial score (nSPS) is 21.0. The van der Waals surface area contributed by atoms with Crippen molar-refractivity contribution in [3.8, 4) is 0 Å². The zero-order valence-electron chi connectivity index (χ0n) is 11.6. The van der Waals surface area contributed by atoms with Crippen LogP contribution < -0.4 is 5.59 Å². The number of aromatic nitrogens is 1. The zero-order chi connectivity index (χ0) is 13.4. The topological polar surface area (TPSA) is 31.4 Å². The van der Waals surface area contributed by atoms with Crippen LogP contribution in [0.4, 0.5) is 0 Å². The van der Waals surface area contributed by atoms with E-state index in [1.54, 1.807) is 0 Å². The van der Waals surface area contributed by atoms with Crippen LogP contribution in [0.2, 0.25) is 0 Å². The summed E-state index contributed by atoms with van der Waals surface area (Å²) in [5.41, 5.74) is 1.16. The molecule has 1 aromatic rings. The molecule has 0 aromatic carbocycles. The number of nitrogens with zero attached hydrogens (tertiary/aromatic N) is 1. The minimum atomic E-state index is -0.389. The molecule has 0 bridgehead atoms. The number of hydrogen-bond donors (Lipinski definition) is 0. The Morgan fingerprint density at radius 2 is 1.83 bits per heavy atom. The predicted octanol–water partition coefficient (Wildman–Crippen LogP) is 2.11. The van der Waals surface area contributed by atoms with Gasteiger partial charge in [-0.3, -0.25) is 4.98 Å². The molecular weight excluding hydrogens is 225 g/mol. The van der Waals surface area contributed by atoms with Crippen molar-refractivity contribution in [3.63, 3.8) is 0 Å². The molecule has 2 rings (SSSR count). The first-order valence-corrected chi connectivity index (χ1v) is 6.28. The van der Waals surface area contributed by atoms with Gasteiger partial charge in [-0.05, 0) is 39.8 Å². The Balaban J connectivity index is 2.24. The highest BCUT2D eigenvalue weighted by atomic mass is 16.7. The van der Waals surface area contributed by atoms with E-state index in [4.69, 9.17) is 9.31 Å². The average Bonchev–Trinajstić information content (AvgIpc) is 2.49. The lowest BCUT2D eigenvalue weighted by molar-refractivity contribution is 0.00578. The minimum Gasteiger partial charge on any atom is -0.398 e. The van der Waals surface area contributed by atoms with E-state index in [0.29, 0.717) is 0 Å². The number of pyridine rings is 1. The molecule has 0 radical (unpaired) electrons. The second-order valence-corrected chi connectivity index (χ2v) is 5.63. The van der Waals surface area contributed by atoms with Crippen molar-refractivity contribution in [2.75, 3.05) is 0 Å². The predicted molar refractivity (Wildman–Crippen MR) is 73.9 cm³/mol. The molecule has 1 aromatic heterocycles. The lowest BCUT2D eigenvalue weighted by Gasteiger charge is -2.32. The zero-order valence-corrected chi connectivity index (χ0v) is 11.6. The molecule has 3 nitrogen and oxygen atoms in total. The molecule has 2 heterocycles. The molecule has 0 unspecified atom stereocenters. The van der Waals surface area contributed by atoms with Gasteiger partial charge in [0.05, 0.1) is 16.8 Å². The standard InChI is InChI=1S/C14H20BNO2/c1-6-8-11-9-7-10-12(16-11)15-17-13(2,3)14(4,5)18-15/h6-7,9-10H,1,8H2,2-5H3. The van der Waals surface area contributed by atoms with Crippen LogP contribution in [0, 0.1) is 0 Å². The van der Waals surface area contributed by atoms with Gasteiger partial charge >= 0.3 is 7.12 Å². The summed E-state index contributed by atoms with van der Waals surface area (Å²) in [5, 5.41) is 0. The Morgan fingerprint density at radius 1 is 1.22 bits per heavy atom. The third-order valence-corrected chi connectivity index (χ3v) is 3.68. The van der Waals surface area contributed by atoms with Gasteiger partial charge in [0, 0.05) is 12.1 Å². The fourth-order valence-corrected chi connectivity index (χ4v) is 1.85. The van der Waals surface area contributed by atoms with Gasteiger partial charge < -0.3 is 9.31 Å². The van der Waals surface area contributed by atoms with E-state index in [9.17, 15) is 0 Å². The molecule has 0 aliphatic carbocycles. The molecule has 0 N–H and O–H groups in total. The largest absolute Gasteiger partial charge is 0.514 e. The molecule has 96 valence electrons. The summed E-state index contributed by atoms with van der Waals surface area (Å²) in [6.45, 7) is 11.9. The molecule has 1 fully saturated rings. The van der Waals surface area contributed by atoms with E-state index in [1.165, 1.54) is 0 Å². The molecule has 4 heteroatoms. The van der Waals surface area contributed by atoms with E-state index in [2.05, 4.69) is 11.6 Å². The molecule has 1 aliphatic rings. The minimum absolute atomic E-state index is 0.326. The third-order valence-electron chi connectivity index (χ3n) is 3.68. The van der Waals surface area contributed by atoms with Gasteiger partial charge in [0.1, 0.15) is 0 Å². The van der Waals surface area contributed by atoms with Crippen molar-refractivity contribution < 1.29 is 9.31 Å². The maximum atomic E-state index is 5.97. The van der Waals surface area contributed by atoms with E-state index >= 15 is 0 Å². The Morgan fingerprint density at radius 3 is 2.39 bits per heavy atom. The van der Waals surface area contributed by atoms with Gasteiger partial charge in [0.15, 0.2) is 0 Å². The fraction of sp³-hybridized carbons (Fsp3) is 0.500. The third kappa shape index (κ3) is 2.35. The Hall–Kier alpha value is -1.13. The molecule has 0 atom stereocenters. The number of rotatable bonds is 3. The Labute approximate surface area is 109 Å². The summed E-state index contributed by atoms with van der Waals surface area (Å²) < 4.78 is 11.9. The van der Waals surface area contributed by atoms with Gasteiger partial charge in [-0.1, -0.05) is 12.1 Å². The van der Waals surface area contributed by atoms with Crippen LogP contribution in [0.3, 0.4) is 0 Å². The summed E-state index contributed by atoms with van der Waals surface area (Å²) in [6, 6.07) is 5.90. The molecule has 1 aliphatic heterocycles. The van der Waals surface area contributed by atoms with Crippen LogP contribution in [-0.4, -0.2) is 23.3 Å². The Kier molecular flexibility index (Phi) is 3.34. The van der Waals surface area contributed by atoms with Crippen LogP contribution in [0.25, 0.3) is 0 Å². The summed E-state index contributed by atoms with van der Waals surface area (Å²) in [5.74, 6) is 0. The lowest BCUT2D eigenvalue weighted by Crippen LogP contribution is -2.41. The maximum absolute atomic E-state index is 5.97. The van der Waals surface area contributed by atoms with E-state index in [-0.39, 0.29) is 18.3 Å². The summed E-state index contributed by atoms with van der Waals surface area (Å²) >= 11 is 0. The molecule has 18 heavy (non-hydrogen) atoms. The SMILES string of the molecule is C=CCc1cccc(B2OC(C)(C)C(C)(C)O2)n1. The van der Waals surface area contributed by atoms with Crippen molar-refractivity contribution in [2.24, 2.45) is 0 Å². The number of allylic oxidation sites excluding steroid dienone is 1. The second-order valence-electron chi connectivity index (χ2n) is 5.63. The summed E-state index contributed by atoms with van der Waals surface area (Å²) in [6.07, 6.45) is 2.60. The average molecular weight is 245 g/mol. The second kappa shape index (κ2) is 4.52. The first-order valence-electron chi connectivity index (χ1n) is 6.28. The van der Waals surface area contributed by atoms with E-state index in [0.717, 1.165) is 17.7 Å². The molecule has 0 spiro atoms. The van der Waals surface area contributed by atoms with Gasteiger partial charge in [-0.2, -0.15) is 0 Å². The van der Waals surface area contributed by atoms with Crippen molar-refractivity contribution in [3.05, 3.63) is 36.5 Å². The smallest absolute Gasteiger partial charge is 0.398 e. The van der Waals surface area contributed by atoms with E-state index in [1.807, 2.05) is 52.0 Å². The fourth-order valence-electron chi connectivity index (χ4n) is 1.85. The number of hydrogen-bond acceptors (Lipinski definition) is 3. The van der Waals surface area contributed by atoms with Crippen molar-refractivity contribution >= 4 is 12.7 Å². The summed E-state index contributed by atoms with van der Waals surface area (Å²) in [7, 11) is -0.389. The van der Waals surface area contributed by atoms with Crippen LogP contribution in [0.1, 0.15) is 33.4 Å². The molecule has 0 amide bonds. The van der Waals surface area contributed by atoms with Crippen LogP contribution in [-0.2, 0) is 15.7 Å². The van der Waals surface area contributed by atoms with E-state index < -0.39 is 0 Å². The van der Waals surface area contributed by atoms with Gasteiger partial charge in [-0.25, -0.2) is 0 Å². The van der Waals surface area contributed by atoms with Gasteiger partial charge in [0.25, 0.3) is 0 Å². The quantitative estimate of drug-likeness (QED) is 0.603. The maximum Gasteiger partial charge on any atom is 0.514 e. The van der Waals surface area contributed by atoms with Crippen LogP contribution >= 0.6 is 0 Å². The highest BCUT2D eigenvalue weighted by molar-refractivity contribution is 6.61. The highest BCUT2D eigenvalue weighted by Gasteiger charge is 2.52. The van der Waals surface area contributed by atoms with Crippen LogP contribution in [0.5, 0.6) is 0 Å². The van der Waals surface area contributed by atoms with Gasteiger partial charge in [0.2, 0.25) is 0 Å². The van der Waals surface area contributed by atoms with Gasteiger partial charge in [-0.15, -0.1) is 6.58 Å². The first-order chi connectivity index (χ1) is 8.36. The van der Waals surface area contributed by atoms with Crippen LogP contribution in [0.15, 0.2) is 30.9 Å².